The largest absolute Gasteiger partial charge is 0.394 e. The number of nitrogens with two attached hydrogens (primary N) is 1. The maximum absolute atomic E-state index is 9.09. The van der Waals surface area contributed by atoms with Gasteiger partial charge in [0.15, 0.2) is 0 Å². The Bertz CT molecular complexity index is 205. The molecule has 21 heavy (non-hydrogen) atoms. The first kappa shape index (κ1) is 20.9. The summed E-state index contributed by atoms with van der Waals surface area (Å²) in [4.78, 5) is 0. The van der Waals surface area contributed by atoms with E-state index in [1.165, 1.54) is 70.6 Å². The molecule has 0 spiro atoms. The molecule has 0 aliphatic heterocycles. The number of rotatable bonds is 16. The van der Waals surface area contributed by atoms with Crippen LogP contribution in [0.4, 0.5) is 0 Å². The summed E-state index contributed by atoms with van der Waals surface area (Å²) in [6.07, 6.45) is 18.0. The van der Waals surface area contributed by atoms with Crippen molar-refractivity contribution < 1.29 is 10.2 Å². The summed E-state index contributed by atoms with van der Waals surface area (Å²) < 4.78 is 0. The van der Waals surface area contributed by atoms with Crippen molar-refractivity contribution >= 4 is 0 Å². The van der Waals surface area contributed by atoms with Gasteiger partial charge in [-0.1, -0.05) is 90.4 Å². The van der Waals surface area contributed by atoms with Gasteiger partial charge in [0.2, 0.25) is 0 Å². The molecule has 3 nitrogen and oxygen atoms in total. The Balaban J connectivity index is 3.16. The number of unbranched alkanes of at least 4 members (excludes halogenated alkanes) is 12. The molecule has 0 fully saturated rings. The van der Waals surface area contributed by atoms with E-state index in [9.17, 15) is 0 Å². The van der Waals surface area contributed by atoms with Gasteiger partial charge in [0.1, 0.15) is 0 Å². The van der Waals surface area contributed by atoms with Gasteiger partial charge < -0.3 is 15.9 Å². The standard InChI is InChI=1S/C18H39NO2/c1-2-3-4-5-6-7-8-9-10-11-12-13-14-15-18(19,16-20)17-21/h20-21H,2-17,19H2,1H3. The molecular weight excluding hydrogens is 262 g/mol. The van der Waals surface area contributed by atoms with Crippen LogP contribution >= 0.6 is 0 Å². The topological polar surface area (TPSA) is 66.5 Å². The van der Waals surface area contributed by atoms with E-state index >= 15 is 0 Å². The molecule has 0 amide bonds. The molecule has 0 aromatic rings. The SMILES string of the molecule is CCCCCCCCCCCCCCCC(N)(CO)CO. The molecule has 0 aliphatic rings. The zero-order valence-electron chi connectivity index (χ0n) is 14.3. The minimum Gasteiger partial charge on any atom is -0.394 e. The van der Waals surface area contributed by atoms with Crippen LogP contribution < -0.4 is 5.73 Å². The summed E-state index contributed by atoms with van der Waals surface area (Å²) in [5.41, 5.74) is 5.07. The van der Waals surface area contributed by atoms with Gasteiger partial charge in [0, 0.05) is 0 Å². The first-order chi connectivity index (χ1) is 10.2. The van der Waals surface area contributed by atoms with Gasteiger partial charge in [-0.05, 0) is 6.42 Å². The van der Waals surface area contributed by atoms with E-state index in [0.717, 1.165) is 19.3 Å². The highest BCUT2D eigenvalue weighted by atomic mass is 16.3. The molecule has 0 aromatic heterocycles. The molecule has 128 valence electrons. The molecule has 0 aromatic carbocycles. The van der Waals surface area contributed by atoms with Crippen molar-refractivity contribution in [2.75, 3.05) is 13.2 Å². The van der Waals surface area contributed by atoms with Crippen molar-refractivity contribution in [2.24, 2.45) is 5.73 Å². The fraction of sp³-hybridized carbons (Fsp3) is 1.00. The van der Waals surface area contributed by atoms with E-state index in [1.807, 2.05) is 0 Å². The van der Waals surface area contributed by atoms with Crippen molar-refractivity contribution in [2.45, 2.75) is 102 Å². The molecule has 0 unspecified atom stereocenters. The monoisotopic (exact) mass is 301 g/mol. The molecule has 4 N–H and O–H groups in total. The van der Waals surface area contributed by atoms with Crippen LogP contribution in [-0.2, 0) is 0 Å². The van der Waals surface area contributed by atoms with Crippen LogP contribution in [0.3, 0.4) is 0 Å². The molecule has 0 atom stereocenters. The lowest BCUT2D eigenvalue weighted by Crippen LogP contribution is -2.47. The van der Waals surface area contributed by atoms with Gasteiger partial charge in [0.05, 0.1) is 18.8 Å². The molecule has 0 saturated heterocycles. The maximum Gasteiger partial charge on any atom is 0.0633 e. The second-order valence-electron chi connectivity index (χ2n) is 6.67. The number of hydrogen-bond acceptors (Lipinski definition) is 3. The van der Waals surface area contributed by atoms with Crippen LogP contribution in [0.25, 0.3) is 0 Å². The van der Waals surface area contributed by atoms with E-state index in [4.69, 9.17) is 15.9 Å². The van der Waals surface area contributed by atoms with E-state index in [1.54, 1.807) is 0 Å². The quantitative estimate of drug-likeness (QED) is 0.375. The third kappa shape index (κ3) is 13.3. The average Bonchev–Trinajstić information content (AvgIpc) is 2.51. The number of hydrogen-bond donors (Lipinski definition) is 3. The van der Waals surface area contributed by atoms with Gasteiger partial charge in [-0.15, -0.1) is 0 Å². The summed E-state index contributed by atoms with van der Waals surface area (Å²) >= 11 is 0. The third-order valence-electron chi connectivity index (χ3n) is 4.41. The summed E-state index contributed by atoms with van der Waals surface area (Å²) in [5, 5.41) is 18.2. The predicted molar refractivity (Wildman–Crippen MR) is 91.4 cm³/mol. The minimum atomic E-state index is -0.766. The Labute approximate surface area is 132 Å². The Morgan fingerprint density at radius 2 is 0.952 bits per heavy atom. The summed E-state index contributed by atoms with van der Waals surface area (Å²) in [6.45, 7) is 2.02. The molecule has 0 saturated carbocycles. The van der Waals surface area contributed by atoms with E-state index in [2.05, 4.69) is 6.92 Å². The molecule has 0 radical (unpaired) electrons. The van der Waals surface area contributed by atoms with Crippen molar-refractivity contribution in [1.82, 2.24) is 0 Å². The van der Waals surface area contributed by atoms with Crippen LogP contribution in [0.2, 0.25) is 0 Å². The zero-order valence-corrected chi connectivity index (χ0v) is 14.3. The molecule has 0 rings (SSSR count). The van der Waals surface area contributed by atoms with Crippen molar-refractivity contribution in [3.05, 3.63) is 0 Å². The van der Waals surface area contributed by atoms with Crippen molar-refractivity contribution in [3.63, 3.8) is 0 Å². The Kier molecular flexibility index (Phi) is 14.7. The Morgan fingerprint density at radius 1 is 0.619 bits per heavy atom. The summed E-state index contributed by atoms with van der Waals surface area (Å²) in [6, 6.07) is 0. The van der Waals surface area contributed by atoms with Crippen LogP contribution in [0.5, 0.6) is 0 Å². The van der Waals surface area contributed by atoms with E-state index < -0.39 is 5.54 Å². The lowest BCUT2D eigenvalue weighted by Gasteiger charge is -2.24. The summed E-state index contributed by atoms with van der Waals surface area (Å²) in [7, 11) is 0. The highest BCUT2D eigenvalue weighted by molar-refractivity contribution is 4.81. The lowest BCUT2D eigenvalue weighted by molar-refractivity contribution is 0.112. The van der Waals surface area contributed by atoms with Crippen molar-refractivity contribution in [3.8, 4) is 0 Å². The van der Waals surface area contributed by atoms with Crippen LogP contribution in [-0.4, -0.2) is 29.0 Å². The first-order valence-corrected chi connectivity index (χ1v) is 9.19. The fourth-order valence-corrected chi connectivity index (χ4v) is 2.70. The van der Waals surface area contributed by atoms with Gasteiger partial charge in [-0.2, -0.15) is 0 Å². The Morgan fingerprint density at radius 3 is 1.29 bits per heavy atom. The maximum atomic E-state index is 9.09. The van der Waals surface area contributed by atoms with Crippen molar-refractivity contribution in [1.29, 1.82) is 0 Å². The first-order valence-electron chi connectivity index (χ1n) is 9.19. The van der Waals surface area contributed by atoms with Gasteiger partial charge in [0.25, 0.3) is 0 Å². The van der Waals surface area contributed by atoms with Gasteiger partial charge in [-0.25, -0.2) is 0 Å². The third-order valence-corrected chi connectivity index (χ3v) is 4.41. The van der Waals surface area contributed by atoms with E-state index in [0.29, 0.717) is 0 Å². The molecule has 0 heterocycles. The molecular formula is C18H39NO2. The van der Waals surface area contributed by atoms with Crippen LogP contribution in [0.1, 0.15) is 96.8 Å². The second-order valence-corrected chi connectivity index (χ2v) is 6.67. The zero-order chi connectivity index (χ0) is 15.8. The molecule has 3 heteroatoms. The average molecular weight is 302 g/mol. The van der Waals surface area contributed by atoms with Gasteiger partial charge >= 0.3 is 0 Å². The minimum absolute atomic E-state index is 0.123. The van der Waals surface area contributed by atoms with Gasteiger partial charge in [-0.3, -0.25) is 0 Å². The predicted octanol–water partition coefficient (Wildman–Crippen LogP) is 4.15. The Hall–Kier alpha value is -0.120. The smallest absolute Gasteiger partial charge is 0.0633 e. The highest BCUT2D eigenvalue weighted by Crippen LogP contribution is 2.15. The number of aliphatic hydroxyl groups excluding tert-OH is 2. The fourth-order valence-electron chi connectivity index (χ4n) is 2.70. The number of aliphatic hydroxyl groups is 2. The summed E-state index contributed by atoms with van der Waals surface area (Å²) in [5.74, 6) is 0. The molecule has 0 aliphatic carbocycles. The normalized spacial score (nSPS) is 12.0. The lowest BCUT2D eigenvalue weighted by atomic mass is 9.94. The highest BCUT2D eigenvalue weighted by Gasteiger charge is 2.21. The molecule has 0 bridgehead atoms. The van der Waals surface area contributed by atoms with Crippen LogP contribution in [0, 0.1) is 0 Å². The van der Waals surface area contributed by atoms with E-state index in [-0.39, 0.29) is 13.2 Å². The second kappa shape index (κ2) is 14.8. The van der Waals surface area contributed by atoms with Crippen LogP contribution in [0.15, 0.2) is 0 Å².